The van der Waals surface area contributed by atoms with Crippen LogP contribution < -0.4 is 10.6 Å². The first-order chi connectivity index (χ1) is 9.17. The van der Waals surface area contributed by atoms with Gasteiger partial charge in [-0.05, 0) is 12.5 Å². The molecule has 0 bridgehead atoms. The van der Waals surface area contributed by atoms with Crippen molar-refractivity contribution in [3.63, 3.8) is 0 Å². The summed E-state index contributed by atoms with van der Waals surface area (Å²) >= 11 is 6.24. The predicted molar refractivity (Wildman–Crippen MR) is 105 cm³/mol. The summed E-state index contributed by atoms with van der Waals surface area (Å²) in [6.07, 6.45) is 0. The quantitative estimate of drug-likeness (QED) is 0.306. The van der Waals surface area contributed by atoms with Crippen molar-refractivity contribution in [3.05, 3.63) is 35.9 Å². The molecule has 1 aromatic rings. The van der Waals surface area contributed by atoms with Crippen molar-refractivity contribution >= 4 is 79.6 Å². The fourth-order valence-corrected chi connectivity index (χ4v) is 2.79. The molecule has 20 heavy (non-hydrogen) atoms. The van der Waals surface area contributed by atoms with Crippen molar-refractivity contribution in [3.8, 4) is 0 Å². The van der Waals surface area contributed by atoms with E-state index in [4.69, 9.17) is 0 Å². The number of carbonyl (C=O) groups excluding carboxylic acids is 2. The largest absolute Gasteiger partial charge is 0.350 e. The van der Waals surface area contributed by atoms with E-state index >= 15 is 0 Å². The van der Waals surface area contributed by atoms with Gasteiger partial charge in [-0.3, -0.25) is 9.59 Å². The molecule has 0 aliphatic heterocycles. The Kier molecular flexibility index (Phi) is 6.96. The van der Waals surface area contributed by atoms with Crippen LogP contribution in [0.3, 0.4) is 0 Å². The number of nitrogens with one attached hydrogen (secondary N) is 2. The Bertz CT molecular complexity index is 490. The number of alkyl halides is 3. The van der Waals surface area contributed by atoms with E-state index in [1.165, 1.54) is 6.92 Å². The molecule has 0 radical (unpaired) electrons. The Morgan fingerprint density at radius 3 is 2.20 bits per heavy atom. The molecular formula is C13H15I3N2O2. The molecule has 0 saturated heterocycles. The minimum absolute atomic E-state index is 0.117. The molecule has 110 valence electrons. The van der Waals surface area contributed by atoms with E-state index in [1.54, 1.807) is 0 Å². The Balaban J connectivity index is 2.72. The Labute approximate surface area is 159 Å². The molecule has 0 saturated carbocycles. The fourth-order valence-electron chi connectivity index (χ4n) is 1.51. The Morgan fingerprint density at radius 1 is 1.15 bits per heavy atom. The number of carbonyl (C=O) groups is 2. The summed E-state index contributed by atoms with van der Waals surface area (Å²) in [5.74, 6) is -0.274. The maximum atomic E-state index is 12.4. The van der Waals surface area contributed by atoms with Crippen molar-refractivity contribution in [2.75, 3.05) is 0 Å². The molecule has 0 aliphatic carbocycles. The van der Waals surface area contributed by atoms with Crippen LogP contribution in [0.4, 0.5) is 0 Å². The van der Waals surface area contributed by atoms with Crippen LogP contribution in [-0.2, 0) is 16.1 Å². The lowest BCUT2D eigenvalue weighted by Gasteiger charge is -2.35. The highest BCUT2D eigenvalue weighted by molar-refractivity contribution is 14.2. The van der Waals surface area contributed by atoms with Gasteiger partial charge in [0, 0.05) is 13.5 Å². The minimum atomic E-state index is -0.788. The van der Waals surface area contributed by atoms with E-state index in [0.717, 1.165) is 5.56 Å². The van der Waals surface area contributed by atoms with E-state index in [9.17, 15) is 9.59 Å². The highest BCUT2D eigenvalue weighted by Crippen LogP contribution is 2.43. The summed E-state index contributed by atoms with van der Waals surface area (Å²) in [4.78, 5) is 23.6. The third-order valence-electron chi connectivity index (χ3n) is 2.58. The molecule has 0 aliphatic rings. The van der Waals surface area contributed by atoms with Crippen molar-refractivity contribution in [1.29, 1.82) is 0 Å². The van der Waals surface area contributed by atoms with E-state index in [0.29, 0.717) is 6.54 Å². The third kappa shape index (κ3) is 4.97. The van der Waals surface area contributed by atoms with Gasteiger partial charge >= 0.3 is 0 Å². The van der Waals surface area contributed by atoms with Crippen LogP contribution in [0.25, 0.3) is 0 Å². The summed E-state index contributed by atoms with van der Waals surface area (Å²) in [6.45, 7) is 3.75. The second-order valence-corrected chi connectivity index (χ2v) is 11.9. The summed E-state index contributed by atoms with van der Waals surface area (Å²) < 4.78 is -1.47. The Hall–Kier alpha value is 0.350. The first kappa shape index (κ1) is 18.4. The molecule has 1 rings (SSSR count). The van der Waals surface area contributed by atoms with Gasteiger partial charge in [0.25, 0.3) is 0 Å². The monoisotopic (exact) mass is 612 g/mol. The zero-order chi connectivity index (χ0) is 15.4. The summed E-state index contributed by atoms with van der Waals surface area (Å²) in [5.41, 5.74) is 1.04. The molecule has 0 aromatic heterocycles. The topological polar surface area (TPSA) is 58.2 Å². The van der Waals surface area contributed by atoms with E-state index in [-0.39, 0.29) is 11.8 Å². The van der Waals surface area contributed by atoms with Crippen LogP contribution in [0.15, 0.2) is 30.3 Å². The molecule has 0 heterocycles. The second-order valence-electron chi connectivity index (χ2n) is 4.43. The van der Waals surface area contributed by atoms with E-state index < -0.39 is 4.97 Å². The van der Waals surface area contributed by atoms with Crippen LogP contribution in [0.5, 0.6) is 0 Å². The van der Waals surface area contributed by atoms with Gasteiger partial charge in [-0.1, -0.05) is 98.1 Å². The molecule has 1 atom stereocenters. The number of amides is 2. The number of hydrogen-bond acceptors (Lipinski definition) is 2. The van der Waals surface area contributed by atoms with Gasteiger partial charge in [-0.15, -0.1) is 0 Å². The van der Waals surface area contributed by atoms with Crippen LogP contribution in [-0.4, -0.2) is 16.8 Å². The normalized spacial score (nSPS) is 14.2. The van der Waals surface area contributed by atoms with Gasteiger partial charge in [0.15, 0.2) is 1.43 Å². The minimum Gasteiger partial charge on any atom is -0.350 e. The van der Waals surface area contributed by atoms with E-state index in [2.05, 4.69) is 78.4 Å². The first-order valence-corrected chi connectivity index (χ1v) is 9.08. The number of rotatable bonds is 5. The van der Waals surface area contributed by atoms with Crippen LogP contribution >= 0.6 is 67.8 Å². The van der Waals surface area contributed by atoms with Gasteiger partial charge in [0.1, 0.15) is 3.55 Å². The van der Waals surface area contributed by atoms with Gasteiger partial charge in [-0.25, -0.2) is 0 Å². The summed E-state index contributed by atoms with van der Waals surface area (Å²) in [6, 6.07) is 9.72. The van der Waals surface area contributed by atoms with Crippen molar-refractivity contribution in [2.45, 2.75) is 25.4 Å². The molecule has 1 unspecified atom stereocenters. The van der Waals surface area contributed by atoms with Gasteiger partial charge < -0.3 is 10.6 Å². The molecule has 0 fully saturated rings. The van der Waals surface area contributed by atoms with Crippen LogP contribution in [0, 0.1) is 0 Å². The average molecular weight is 612 g/mol. The highest BCUT2D eigenvalue weighted by Gasteiger charge is 2.49. The first-order valence-electron chi connectivity index (χ1n) is 5.84. The molecule has 7 heteroatoms. The van der Waals surface area contributed by atoms with Crippen molar-refractivity contribution in [1.82, 2.24) is 10.6 Å². The molecule has 2 N–H and O–H groups in total. The lowest BCUT2D eigenvalue weighted by molar-refractivity contribution is -0.122. The fraction of sp³-hybridized carbons (Fsp3) is 0.385. The predicted octanol–water partition coefficient (Wildman–Crippen LogP) is 3.16. The average Bonchev–Trinajstić information content (AvgIpc) is 2.35. The van der Waals surface area contributed by atoms with Crippen LogP contribution in [0.1, 0.15) is 19.4 Å². The zero-order valence-corrected chi connectivity index (χ0v) is 17.5. The Morgan fingerprint density at radius 2 is 1.70 bits per heavy atom. The van der Waals surface area contributed by atoms with Crippen LogP contribution in [0.2, 0.25) is 0 Å². The van der Waals surface area contributed by atoms with Gasteiger partial charge in [0.2, 0.25) is 11.8 Å². The smallest absolute Gasteiger partial charge is 0.249 e. The van der Waals surface area contributed by atoms with Gasteiger partial charge in [-0.2, -0.15) is 0 Å². The lowest BCUT2D eigenvalue weighted by Crippen LogP contribution is -2.58. The maximum absolute atomic E-state index is 12.4. The highest BCUT2D eigenvalue weighted by atomic mass is 127. The van der Waals surface area contributed by atoms with Gasteiger partial charge in [0.05, 0.1) is 0 Å². The van der Waals surface area contributed by atoms with Crippen molar-refractivity contribution in [2.24, 2.45) is 0 Å². The standard InChI is InChI=1S/C13H15I3N2O2/c1-9(19)18-12(2,14)13(15,16)11(20)17-8-10-6-4-3-5-7-10/h3-7H,8H2,1-2H3,(H,17,20)(H,18,19). The second kappa shape index (κ2) is 7.56. The maximum Gasteiger partial charge on any atom is 0.249 e. The third-order valence-corrected chi connectivity index (χ3v) is 8.86. The van der Waals surface area contributed by atoms with Crippen molar-refractivity contribution < 1.29 is 9.59 Å². The molecule has 2 amide bonds. The lowest BCUT2D eigenvalue weighted by atomic mass is 10.2. The number of hydrogen-bond donors (Lipinski definition) is 2. The SMILES string of the molecule is CC(=O)NC(C)(I)C(I)(I)C(=O)NCc1ccccc1. The molecule has 0 spiro atoms. The number of benzene rings is 1. The zero-order valence-electron chi connectivity index (χ0n) is 11.0. The summed E-state index contributed by atoms with van der Waals surface area (Å²) in [5, 5.41) is 5.72. The molecule has 1 aromatic carbocycles. The molecule has 4 nitrogen and oxygen atoms in total. The van der Waals surface area contributed by atoms with E-state index in [1.807, 2.05) is 37.3 Å². The number of halogens is 3. The molecular weight excluding hydrogens is 597 g/mol. The summed E-state index contributed by atoms with van der Waals surface area (Å²) in [7, 11) is 0.